The summed E-state index contributed by atoms with van der Waals surface area (Å²) >= 11 is 0. The monoisotopic (exact) mass is 318 g/mol. The maximum Gasteiger partial charge on any atom is 0.328 e. The molecule has 3 amide bonds. The Balaban J connectivity index is 2.20. The van der Waals surface area contributed by atoms with Crippen molar-refractivity contribution in [3.05, 3.63) is 35.9 Å². The Morgan fingerprint density at radius 3 is 2.43 bits per heavy atom. The zero-order chi connectivity index (χ0) is 17.0. The molecule has 6 heteroatoms. The number of imide groups is 1. The number of benzene rings is 1. The molecule has 1 aromatic carbocycles. The first-order valence-corrected chi connectivity index (χ1v) is 7.77. The first-order chi connectivity index (χ1) is 11.0. The van der Waals surface area contributed by atoms with E-state index < -0.39 is 18.0 Å². The van der Waals surface area contributed by atoms with Gasteiger partial charge in [0.1, 0.15) is 12.6 Å². The van der Waals surface area contributed by atoms with Crippen LogP contribution in [0, 0.1) is 5.92 Å². The van der Waals surface area contributed by atoms with E-state index in [1.165, 1.54) is 4.90 Å². The lowest BCUT2D eigenvalue weighted by molar-refractivity contribution is -0.146. The van der Waals surface area contributed by atoms with Crippen molar-refractivity contribution in [2.45, 2.75) is 33.4 Å². The molecule has 0 radical (unpaired) electrons. The van der Waals surface area contributed by atoms with Crippen LogP contribution in [-0.4, -0.2) is 46.9 Å². The summed E-state index contributed by atoms with van der Waals surface area (Å²) in [6.07, 6.45) is 0. The molecule has 2 rings (SSSR count). The Labute approximate surface area is 136 Å². The molecule has 0 aromatic heterocycles. The second-order valence-electron chi connectivity index (χ2n) is 5.81. The lowest BCUT2D eigenvalue weighted by Crippen LogP contribution is -2.38. The van der Waals surface area contributed by atoms with Gasteiger partial charge in [-0.05, 0) is 18.4 Å². The fraction of sp³-hybridized carbons (Fsp3) is 0.471. The first-order valence-electron chi connectivity index (χ1n) is 7.77. The van der Waals surface area contributed by atoms with E-state index in [0.717, 1.165) is 10.5 Å². The van der Waals surface area contributed by atoms with E-state index in [2.05, 4.69) is 0 Å². The highest BCUT2D eigenvalue weighted by Gasteiger charge is 2.47. The van der Waals surface area contributed by atoms with Gasteiger partial charge in [-0.3, -0.25) is 14.5 Å². The highest BCUT2D eigenvalue weighted by Crippen LogP contribution is 2.25. The van der Waals surface area contributed by atoms with Crippen molar-refractivity contribution in [3.63, 3.8) is 0 Å². The predicted molar refractivity (Wildman–Crippen MR) is 84.4 cm³/mol. The molecule has 124 valence electrons. The number of esters is 1. The summed E-state index contributed by atoms with van der Waals surface area (Å²) in [7, 11) is 0. The minimum Gasteiger partial charge on any atom is -0.465 e. The van der Waals surface area contributed by atoms with Crippen LogP contribution in [0.3, 0.4) is 0 Å². The Morgan fingerprint density at radius 2 is 1.87 bits per heavy atom. The van der Waals surface area contributed by atoms with Gasteiger partial charge in [0, 0.05) is 6.54 Å². The smallest absolute Gasteiger partial charge is 0.328 e. The van der Waals surface area contributed by atoms with Crippen molar-refractivity contribution in [1.29, 1.82) is 0 Å². The van der Waals surface area contributed by atoms with E-state index in [1.54, 1.807) is 6.92 Å². The summed E-state index contributed by atoms with van der Waals surface area (Å²) in [5, 5.41) is 0. The summed E-state index contributed by atoms with van der Waals surface area (Å²) in [6, 6.07) is 8.49. The number of nitrogens with zero attached hydrogens (tertiary/aromatic N) is 2. The van der Waals surface area contributed by atoms with Gasteiger partial charge in [-0.2, -0.15) is 0 Å². The van der Waals surface area contributed by atoms with Gasteiger partial charge in [-0.1, -0.05) is 44.2 Å². The largest absolute Gasteiger partial charge is 0.465 e. The number of urea groups is 1. The molecular formula is C17H22N2O4. The average molecular weight is 318 g/mol. The highest BCUT2D eigenvalue weighted by atomic mass is 16.5. The van der Waals surface area contributed by atoms with Gasteiger partial charge in [0.05, 0.1) is 6.61 Å². The van der Waals surface area contributed by atoms with Gasteiger partial charge in [-0.25, -0.2) is 4.79 Å². The van der Waals surface area contributed by atoms with Crippen LogP contribution in [-0.2, 0) is 20.9 Å². The van der Waals surface area contributed by atoms with Crippen molar-refractivity contribution in [1.82, 2.24) is 9.80 Å². The second-order valence-corrected chi connectivity index (χ2v) is 5.81. The quantitative estimate of drug-likeness (QED) is 0.594. The van der Waals surface area contributed by atoms with Crippen LogP contribution < -0.4 is 0 Å². The molecule has 1 fully saturated rings. The Bertz CT molecular complexity index is 586. The van der Waals surface area contributed by atoms with Gasteiger partial charge in [0.2, 0.25) is 0 Å². The molecule has 1 aromatic rings. The zero-order valence-corrected chi connectivity index (χ0v) is 13.7. The molecule has 1 aliphatic rings. The van der Waals surface area contributed by atoms with E-state index in [4.69, 9.17) is 4.74 Å². The van der Waals surface area contributed by atoms with Crippen molar-refractivity contribution in [2.75, 3.05) is 13.2 Å². The van der Waals surface area contributed by atoms with Crippen LogP contribution in [0.2, 0.25) is 0 Å². The SMILES string of the molecule is CCOC(=O)CN1C(=O)C(C(C)C)N(Cc2ccccc2)C1=O. The fourth-order valence-corrected chi connectivity index (χ4v) is 2.73. The number of amides is 3. The highest BCUT2D eigenvalue weighted by molar-refractivity contribution is 6.06. The summed E-state index contributed by atoms with van der Waals surface area (Å²) in [6.45, 7) is 5.69. The van der Waals surface area contributed by atoms with E-state index in [0.29, 0.717) is 6.54 Å². The standard InChI is InChI=1S/C17H22N2O4/c1-4-23-14(20)11-19-16(21)15(12(2)3)18(17(19)22)10-13-8-6-5-7-9-13/h5-9,12,15H,4,10-11H2,1-3H3. The number of hydrogen-bond donors (Lipinski definition) is 0. The van der Waals surface area contributed by atoms with Gasteiger partial charge in [0.15, 0.2) is 0 Å². The van der Waals surface area contributed by atoms with Crippen molar-refractivity contribution < 1.29 is 19.1 Å². The first kappa shape index (κ1) is 17.0. The molecule has 0 N–H and O–H groups in total. The third kappa shape index (κ3) is 3.70. The fourth-order valence-electron chi connectivity index (χ4n) is 2.73. The molecule has 0 aliphatic carbocycles. The Hall–Kier alpha value is -2.37. The summed E-state index contributed by atoms with van der Waals surface area (Å²) in [4.78, 5) is 39.3. The molecular weight excluding hydrogens is 296 g/mol. The molecule has 1 heterocycles. The molecule has 0 saturated carbocycles. The van der Waals surface area contributed by atoms with Crippen molar-refractivity contribution >= 4 is 17.9 Å². The van der Waals surface area contributed by atoms with Crippen molar-refractivity contribution in [2.24, 2.45) is 5.92 Å². The van der Waals surface area contributed by atoms with Gasteiger partial charge in [-0.15, -0.1) is 0 Å². The van der Waals surface area contributed by atoms with Crippen LogP contribution in [0.4, 0.5) is 4.79 Å². The number of carbonyl (C=O) groups is 3. The van der Waals surface area contributed by atoms with Crippen LogP contribution in [0.15, 0.2) is 30.3 Å². The normalized spacial score (nSPS) is 18.0. The van der Waals surface area contributed by atoms with Crippen molar-refractivity contribution in [3.8, 4) is 0 Å². The number of ether oxygens (including phenoxy) is 1. The lowest BCUT2D eigenvalue weighted by Gasteiger charge is -2.24. The molecule has 6 nitrogen and oxygen atoms in total. The maximum atomic E-state index is 12.6. The molecule has 1 atom stereocenters. The van der Waals surface area contributed by atoms with Crippen LogP contribution in [0.25, 0.3) is 0 Å². The zero-order valence-electron chi connectivity index (χ0n) is 13.7. The maximum absolute atomic E-state index is 12.6. The molecule has 23 heavy (non-hydrogen) atoms. The third-order valence-electron chi connectivity index (χ3n) is 3.75. The molecule has 0 bridgehead atoms. The minimum atomic E-state index is -0.571. The predicted octanol–water partition coefficient (Wildman–Crippen LogP) is 2.04. The third-order valence-corrected chi connectivity index (χ3v) is 3.75. The lowest BCUT2D eigenvalue weighted by atomic mass is 10.0. The van der Waals surface area contributed by atoms with E-state index in [-0.39, 0.29) is 25.0 Å². The van der Waals surface area contributed by atoms with Crippen LogP contribution >= 0.6 is 0 Å². The van der Waals surface area contributed by atoms with Crippen LogP contribution in [0.1, 0.15) is 26.3 Å². The second kappa shape index (κ2) is 7.26. The van der Waals surface area contributed by atoms with Gasteiger partial charge < -0.3 is 9.64 Å². The topological polar surface area (TPSA) is 66.9 Å². The van der Waals surface area contributed by atoms with E-state index >= 15 is 0 Å². The number of carbonyl (C=O) groups excluding carboxylic acids is 3. The summed E-state index contributed by atoms with van der Waals surface area (Å²) in [5.41, 5.74) is 0.942. The van der Waals surface area contributed by atoms with Gasteiger partial charge in [0.25, 0.3) is 5.91 Å². The summed E-state index contributed by atoms with van der Waals surface area (Å²) in [5.74, 6) is -0.949. The Kier molecular flexibility index (Phi) is 5.36. The summed E-state index contributed by atoms with van der Waals surface area (Å²) < 4.78 is 4.85. The number of rotatable bonds is 6. The van der Waals surface area contributed by atoms with Crippen LogP contribution in [0.5, 0.6) is 0 Å². The molecule has 1 aliphatic heterocycles. The number of hydrogen-bond acceptors (Lipinski definition) is 4. The van der Waals surface area contributed by atoms with E-state index in [1.807, 2.05) is 44.2 Å². The molecule has 0 spiro atoms. The van der Waals surface area contributed by atoms with E-state index in [9.17, 15) is 14.4 Å². The minimum absolute atomic E-state index is 0.0395. The average Bonchev–Trinajstić information content (AvgIpc) is 2.73. The molecule has 1 unspecified atom stereocenters. The van der Waals surface area contributed by atoms with Gasteiger partial charge >= 0.3 is 12.0 Å². The Morgan fingerprint density at radius 1 is 1.22 bits per heavy atom. The molecule has 1 saturated heterocycles.